The molecule has 2 rings (SSSR count). The molecule has 1 heteroatoms. The summed E-state index contributed by atoms with van der Waals surface area (Å²) in [6.07, 6.45) is 3.55. The van der Waals surface area contributed by atoms with Crippen LogP contribution in [0.4, 0.5) is 0 Å². The zero-order valence-corrected chi connectivity index (χ0v) is 13.2. The van der Waals surface area contributed by atoms with E-state index in [1.165, 1.54) is 24.0 Å². The van der Waals surface area contributed by atoms with Crippen LogP contribution >= 0.6 is 0 Å². The number of hydrogen-bond donors (Lipinski definition) is 0. The highest BCUT2D eigenvalue weighted by Crippen LogP contribution is 2.30. The number of hydrogen-bond acceptors (Lipinski definition) is 1. The standard InChI is InChI=1S/C20H23N/c1-4-20(3,5-2)14-16-6-10-18(11-7-16)19-12-8-17(15-21)9-13-19/h6-13H,4-5,14H2,1-3H3. The molecule has 108 valence electrons. The Balaban J connectivity index is 2.17. The predicted octanol–water partition coefficient (Wildman–Crippen LogP) is 5.59. The van der Waals surface area contributed by atoms with Crippen molar-refractivity contribution in [2.45, 2.75) is 40.0 Å². The summed E-state index contributed by atoms with van der Waals surface area (Å²) in [5.74, 6) is 0. The van der Waals surface area contributed by atoms with Crippen molar-refractivity contribution in [2.24, 2.45) is 5.41 Å². The molecule has 2 aromatic carbocycles. The summed E-state index contributed by atoms with van der Waals surface area (Å²) in [5, 5.41) is 8.84. The Labute approximate surface area is 128 Å². The fourth-order valence-corrected chi connectivity index (χ4v) is 2.55. The van der Waals surface area contributed by atoms with Gasteiger partial charge >= 0.3 is 0 Å². The molecule has 2 aromatic rings. The van der Waals surface area contributed by atoms with Crippen LogP contribution in [0.5, 0.6) is 0 Å². The van der Waals surface area contributed by atoms with Gasteiger partial charge in [-0.25, -0.2) is 0 Å². The Morgan fingerprint density at radius 2 is 1.33 bits per heavy atom. The molecule has 0 aliphatic heterocycles. The van der Waals surface area contributed by atoms with Gasteiger partial charge in [0.1, 0.15) is 0 Å². The number of nitrogens with zero attached hydrogens (tertiary/aromatic N) is 1. The molecule has 0 saturated heterocycles. The van der Waals surface area contributed by atoms with Crippen molar-refractivity contribution >= 4 is 0 Å². The summed E-state index contributed by atoms with van der Waals surface area (Å²) in [6, 6.07) is 18.7. The van der Waals surface area contributed by atoms with E-state index in [0.717, 1.165) is 12.0 Å². The van der Waals surface area contributed by atoms with E-state index in [-0.39, 0.29) is 0 Å². The second kappa shape index (κ2) is 6.59. The van der Waals surface area contributed by atoms with Crippen LogP contribution < -0.4 is 0 Å². The number of rotatable bonds is 5. The van der Waals surface area contributed by atoms with Crippen LogP contribution in [0.1, 0.15) is 44.7 Å². The van der Waals surface area contributed by atoms with Crippen molar-refractivity contribution in [1.29, 1.82) is 5.26 Å². The molecule has 21 heavy (non-hydrogen) atoms. The number of nitriles is 1. The van der Waals surface area contributed by atoms with Gasteiger partial charge in [-0.05, 0) is 40.7 Å². The first-order valence-electron chi connectivity index (χ1n) is 7.69. The lowest BCUT2D eigenvalue weighted by atomic mass is 9.79. The Morgan fingerprint density at radius 1 is 0.857 bits per heavy atom. The minimum Gasteiger partial charge on any atom is -0.192 e. The lowest BCUT2D eigenvalue weighted by Gasteiger charge is -2.26. The Hall–Kier alpha value is -2.07. The van der Waals surface area contributed by atoms with E-state index in [0.29, 0.717) is 11.0 Å². The average Bonchev–Trinajstić information content (AvgIpc) is 2.55. The zero-order valence-electron chi connectivity index (χ0n) is 13.2. The molecule has 1 nitrogen and oxygen atoms in total. The molecule has 0 aliphatic carbocycles. The third-order valence-electron chi connectivity index (χ3n) is 4.64. The SMILES string of the molecule is CCC(C)(CC)Cc1ccc(-c2ccc(C#N)cc2)cc1. The van der Waals surface area contributed by atoms with Crippen LogP contribution in [0.3, 0.4) is 0 Å². The zero-order chi connectivity index (χ0) is 15.3. The normalized spacial score (nSPS) is 11.1. The molecule has 0 radical (unpaired) electrons. The summed E-state index contributed by atoms with van der Waals surface area (Å²) in [7, 11) is 0. The van der Waals surface area contributed by atoms with Crippen molar-refractivity contribution in [2.75, 3.05) is 0 Å². The van der Waals surface area contributed by atoms with Gasteiger partial charge in [-0.15, -0.1) is 0 Å². The van der Waals surface area contributed by atoms with Crippen molar-refractivity contribution in [3.63, 3.8) is 0 Å². The molecule has 0 atom stereocenters. The fourth-order valence-electron chi connectivity index (χ4n) is 2.55. The second-order valence-corrected chi connectivity index (χ2v) is 6.08. The van der Waals surface area contributed by atoms with E-state index in [4.69, 9.17) is 5.26 Å². The third kappa shape index (κ3) is 3.73. The van der Waals surface area contributed by atoms with Crippen LogP contribution in [-0.2, 0) is 6.42 Å². The molecule has 0 saturated carbocycles. The Kier molecular flexibility index (Phi) is 4.81. The van der Waals surface area contributed by atoms with Crippen LogP contribution in [0.25, 0.3) is 11.1 Å². The maximum atomic E-state index is 8.84. The van der Waals surface area contributed by atoms with Gasteiger partial charge in [0.2, 0.25) is 0 Å². The molecular formula is C20H23N. The van der Waals surface area contributed by atoms with Crippen LogP contribution in [0.2, 0.25) is 0 Å². The third-order valence-corrected chi connectivity index (χ3v) is 4.64. The summed E-state index contributed by atoms with van der Waals surface area (Å²) in [6.45, 7) is 6.91. The lowest BCUT2D eigenvalue weighted by molar-refractivity contribution is 0.296. The highest BCUT2D eigenvalue weighted by molar-refractivity contribution is 5.64. The van der Waals surface area contributed by atoms with E-state index < -0.39 is 0 Å². The first-order chi connectivity index (χ1) is 10.1. The Bertz CT molecular complexity index is 610. The van der Waals surface area contributed by atoms with Crippen LogP contribution in [0, 0.1) is 16.7 Å². The van der Waals surface area contributed by atoms with Crippen molar-refractivity contribution < 1.29 is 0 Å². The molecule has 0 aliphatic rings. The highest BCUT2D eigenvalue weighted by atomic mass is 14.2. The van der Waals surface area contributed by atoms with Gasteiger partial charge in [-0.2, -0.15) is 5.26 Å². The van der Waals surface area contributed by atoms with Gasteiger partial charge in [0.15, 0.2) is 0 Å². The monoisotopic (exact) mass is 277 g/mol. The van der Waals surface area contributed by atoms with E-state index in [2.05, 4.69) is 51.1 Å². The minimum absolute atomic E-state index is 0.399. The van der Waals surface area contributed by atoms with E-state index in [9.17, 15) is 0 Å². The van der Waals surface area contributed by atoms with Crippen LogP contribution in [-0.4, -0.2) is 0 Å². The molecule has 0 heterocycles. The van der Waals surface area contributed by atoms with Crippen molar-refractivity contribution in [1.82, 2.24) is 0 Å². The average molecular weight is 277 g/mol. The lowest BCUT2D eigenvalue weighted by Crippen LogP contribution is -2.17. The van der Waals surface area contributed by atoms with Gasteiger partial charge in [0.05, 0.1) is 11.6 Å². The van der Waals surface area contributed by atoms with Gasteiger partial charge in [-0.3, -0.25) is 0 Å². The first-order valence-corrected chi connectivity index (χ1v) is 7.69. The van der Waals surface area contributed by atoms with E-state index in [1.807, 2.05) is 24.3 Å². The maximum absolute atomic E-state index is 8.84. The molecule has 0 spiro atoms. The summed E-state index contributed by atoms with van der Waals surface area (Å²) >= 11 is 0. The summed E-state index contributed by atoms with van der Waals surface area (Å²) in [4.78, 5) is 0. The molecule has 0 bridgehead atoms. The topological polar surface area (TPSA) is 23.8 Å². The van der Waals surface area contributed by atoms with Gasteiger partial charge in [0.25, 0.3) is 0 Å². The largest absolute Gasteiger partial charge is 0.192 e. The molecule has 0 unspecified atom stereocenters. The van der Waals surface area contributed by atoms with Gasteiger partial charge < -0.3 is 0 Å². The smallest absolute Gasteiger partial charge is 0.0991 e. The van der Waals surface area contributed by atoms with E-state index in [1.54, 1.807) is 0 Å². The van der Waals surface area contributed by atoms with Crippen molar-refractivity contribution in [3.8, 4) is 17.2 Å². The van der Waals surface area contributed by atoms with Gasteiger partial charge in [0, 0.05) is 0 Å². The summed E-state index contributed by atoms with van der Waals surface area (Å²) in [5.41, 5.74) is 4.87. The summed E-state index contributed by atoms with van der Waals surface area (Å²) < 4.78 is 0. The minimum atomic E-state index is 0.399. The quantitative estimate of drug-likeness (QED) is 0.698. The van der Waals surface area contributed by atoms with Gasteiger partial charge in [-0.1, -0.05) is 70.0 Å². The fraction of sp³-hybridized carbons (Fsp3) is 0.350. The van der Waals surface area contributed by atoms with Crippen LogP contribution in [0.15, 0.2) is 48.5 Å². The molecule has 0 amide bonds. The predicted molar refractivity (Wildman–Crippen MR) is 89.0 cm³/mol. The molecule has 0 N–H and O–H groups in total. The highest BCUT2D eigenvalue weighted by Gasteiger charge is 2.19. The maximum Gasteiger partial charge on any atom is 0.0991 e. The van der Waals surface area contributed by atoms with E-state index >= 15 is 0 Å². The molecule has 0 aromatic heterocycles. The Morgan fingerprint density at radius 3 is 1.76 bits per heavy atom. The molecule has 0 fully saturated rings. The van der Waals surface area contributed by atoms with Crippen molar-refractivity contribution in [3.05, 3.63) is 59.7 Å². The number of benzene rings is 2. The second-order valence-electron chi connectivity index (χ2n) is 6.08. The first kappa shape index (κ1) is 15.3. The molecular weight excluding hydrogens is 254 g/mol.